The van der Waals surface area contributed by atoms with Gasteiger partial charge in [0.15, 0.2) is 0 Å². The van der Waals surface area contributed by atoms with Crippen molar-refractivity contribution in [2.75, 3.05) is 13.2 Å². The third-order valence-corrected chi connectivity index (χ3v) is 4.44. The predicted molar refractivity (Wildman–Crippen MR) is 86.6 cm³/mol. The van der Waals surface area contributed by atoms with Crippen LogP contribution in [0.3, 0.4) is 0 Å². The molecule has 2 rings (SSSR count). The van der Waals surface area contributed by atoms with Crippen LogP contribution in [-0.2, 0) is 4.74 Å². The number of ether oxygens (including phenoxy) is 1. The molecule has 0 radical (unpaired) electrons. The Morgan fingerprint density at radius 3 is 2.48 bits per heavy atom. The Morgan fingerprint density at radius 1 is 1.24 bits per heavy atom. The molecule has 1 aromatic rings. The normalized spacial score (nSPS) is 18.7. The van der Waals surface area contributed by atoms with E-state index in [2.05, 4.69) is 19.9 Å². The average Bonchev–Trinajstić information content (AvgIpc) is 2.53. The van der Waals surface area contributed by atoms with Gasteiger partial charge in [-0.3, -0.25) is 0 Å². The molecular formula is C19H27FO. The summed E-state index contributed by atoms with van der Waals surface area (Å²) in [5.41, 5.74) is 2.59. The maximum atomic E-state index is 13.2. The van der Waals surface area contributed by atoms with E-state index in [1.165, 1.54) is 24.0 Å². The molecular weight excluding hydrogens is 263 g/mol. The minimum absolute atomic E-state index is 0.160. The third-order valence-electron chi connectivity index (χ3n) is 4.44. The predicted octanol–water partition coefficient (Wildman–Crippen LogP) is 5.46. The van der Waals surface area contributed by atoms with Crippen LogP contribution in [-0.4, -0.2) is 13.2 Å². The molecule has 2 heteroatoms. The van der Waals surface area contributed by atoms with Crippen LogP contribution in [0.4, 0.5) is 4.39 Å². The van der Waals surface area contributed by atoms with E-state index in [0.717, 1.165) is 32.5 Å². The summed E-state index contributed by atoms with van der Waals surface area (Å²) in [5.74, 6) is 1.11. The summed E-state index contributed by atoms with van der Waals surface area (Å²) in [6, 6.07) is 7.01. The summed E-state index contributed by atoms with van der Waals surface area (Å²) in [6.45, 7) is 6.19. The van der Waals surface area contributed by atoms with E-state index in [9.17, 15) is 4.39 Å². The standard InChI is InChI=1S/C19H27FO/c1-3-5-18(15-7-9-17(20)10-8-15)19(6-4-2)16-11-13-21-14-12-16/h5,7-10,16,19H,3-4,6,11-14H2,1-2H3. The van der Waals surface area contributed by atoms with Gasteiger partial charge in [0, 0.05) is 13.2 Å². The number of rotatable bonds is 6. The zero-order valence-corrected chi connectivity index (χ0v) is 13.3. The van der Waals surface area contributed by atoms with Crippen molar-refractivity contribution >= 4 is 5.57 Å². The van der Waals surface area contributed by atoms with Crippen molar-refractivity contribution < 1.29 is 9.13 Å². The summed E-state index contributed by atoms with van der Waals surface area (Å²) in [6.07, 6.45) is 8.04. The highest BCUT2D eigenvalue weighted by molar-refractivity contribution is 5.67. The summed E-state index contributed by atoms with van der Waals surface area (Å²) in [4.78, 5) is 0. The molecule has 0 amide bonds. The molecule has 1 saturated heterocycles. The van der Waals surface area contributed by atoms with Gasteiger partial charge in [0.2, 0.25) is 0 Å². The molecule has 1 unspecified atom stereocenters. The second kappa shape index (κ2) is 8.33. The Hall–Kier alpha value is -1.15. The molecule has 0 spiro atoms. The van der Waals surface area contributed by atoms with Gasteiger partial charge in [0.1, 0.15) is 5.82 Å². The lowest BCUT2D eigenvalue weighted by Gasteiger charge is -2.32. The zero-order chi connectivity index (χ0) is 15.1. The van der Waals surface area contributed by atoms with Crippen LogP contribution in [0.1, 0.15) is 51.5 Å². The van der Waals surface area contributed by atoms with Gasteiger partial charge in [0.25, 0.3) is 0 Å². The summed E-state index contributed by atoms with van der Waals surface area (Å²) >= 11 is 0. The quantitative estimate of drug-likeness (QED) is 0.675. The van der Waals surface area contributed by atoms with Crippen molar-refractivity contribution in [3.63, 3.8) is 0 Å². The lowest BCUT2D eigenvalue weighted by molar-refractivity contribution is 0.0538. The highest BCUT2D eigenvalue weighted by atomic mass is 19.1. The van der Waals surface area contributed by atoms with E-state index in [0.29, 0.717) is 11.8 Å². The molecule has 0 N–H and O–H groups in total. The molecule has 1 fully saturated rings. The van der Waals surface area contributed by atoms with Gasteiger partial charge < -0.3 is 4.74 Å². The van der Waals surface area contributed by atoms with E-state index in [1.54, 1.807) is 12.1 Å². The first-order valence-electron chi connectivity index (χ1n) is 8.30. The van der Waals surface area contributed by atoms with Gasteiger partial charge in [-0.25, -0.2) is 4.39 Å². The molecule has 116 valence electrons. The molecule has 0 saturated carbocycles. The molecule has 1 aliphatic heterocycles. The van der Waals surface area contributed by atoms with Crippen LogP contribution in [0.15, 0.2) is 30.3 Å². The first-order valence-corrected chi connectivity index (χ1v) is 8.30. The summed E-state index contributed by atoms with van der Waals surface area (Å²) in [5, 5.41) is 0. The second-order valence-corrected chi connectivity index (χ2v) is 5.92. The van der Waals surface area contributed by atoms with E-state index < -0.39 is 0 Å². The van der Waals surface area contributed by atoms with Crippen LogP contribution < -0.4 is 0 Å². The Morgan fingerprint density at radius 2 is 1.90 bits per heavy atom. The lowest BCUT2D eigenvalue weighted by atomic mass is 9.76. The molecule has 0 bridgehead atoms. The number of benzene rings is 1. The van der Waals surface area contributed by atoms with Gasteiger partial charge in [0.05, 0.1) is 0 Å². The minimum Gasteiger partial charge on any atom is -0.381 e. The fraction of sp³-hybridized carbons (Fsp3) is 0.579. The Kier molecular flexibility index (Phi) is 6.44. The van der Waals surface area contributed by atoms with E-state index in [-0.39, 0.29) is 5.82 Å². The Labute approximate surface area is 128 Å². The number of hydrogen-bond acceptors (Lipinski definition) is 1. The molecule has 0 aromatic heterocycles. The maximum Gasteiger partial charge on any atom is 0.123 e. The maximum absolute atomic E-state index is 13.2. The fourth-order valence-electron chi connectivity index (χ4n) is 3.42. The van der Waals surface area contributed by atoms with Crippen molar-refractivity contribution in [3.05, 3.63) is 41.7 Å². The molecule has 1 heterocycles. The highest BCUT2D eigenvalue weighted by Crippen LogP contribution is 2.38. The van der Waals surface area contributed by atoms with Gasteiger partial charge in [-0.05, 0) is 60.8 Å². The van der Waals surface area contributed by atoms with Crippen LogP contribution in [0.2, 0.25) is 0 Å². The van der Waals surface area contributed by atoms with Crippen molar-refractivity contribution in [2.24, 2.45) is 11.8 Å². The van der Waals surface area contributed by atoms with Gasteiger partial charge in [-0.15, -0.1) is 0 Å². The monoisotopic (exact) mass is 290 g/mol. The Bertz CT molecular complexity index is 443. The van der Waals surface area contributed by atoms with Crippen molar-refractivity contribution in [3.8, 4) is 0 Å². The topological polar surface area (TPSA) is 9.23 Å². The summed E-state index contributed by atoms with van der Waals surface area (Å²) < 4.78 is 18.7. The van der Waals surface area contributed by atoms with Gasteiger partial charge >= 0.3 is 0 Å². The third kappa shape index (κ3) is 4.41. The lowest BCUT2D eigenvalue weighted by Crippen LogP contribution is -2.24. The van der Waals surface area contributed by atoms with E-state index in [1.807, 2.05) is 12.1 Å². The Balaban J connectivity index is 2.27. The molecule has 0 aliphatic carbocycles. The van der Waals surface area contributed by atoms with Gasteiger partial charge in [-0.1, -0.05) is 38.5 Å². The number of allylic oxidation sites excluding steroid dienone is 2. The molecule has 1 aromatic carbocycles. The molecule has 21 heavy (non-hydrogen) atoms. The van der Waals surface area contributed by atoms with Gasteiger partial charge in [-0.2, -0.15) is 0 Å². The van der Waals surface area contributed by atoms with Crippen LogP contribution in [0, 0.1) is 17.7 Å². The summed E-state index contributed by atoms with van der Waals surface area (Å²) in [7, 11) is 0. The van der Waals surface area contributed by atoms with Crippen molar-refractivity contribution in [1.82, 2.24) is 0 Å². The largest absolute Gasteiger partial charge is 0.381 e. The smallest absolute Gasteiger partial charge is 0.123 e. The van der Waals surface area contributed by atoms with Crippen molar-refractivity contribution in [1.29, 1.82) is 0 Å². The SMILES string of the molecule is CCC=C(c1ccc(F)cc1)C(CCC)C1CCOCC1. The highest BCUT2D eigenvalue weighted by Gasteiger charge is 2.26. The van der Waals surface area contributed by atoms with Crippen LogP contribution in [0.5, 0.6) is 0 Å². The van der Waals surface area contributed by atoms with E-state index >= 15 is 0 Å². The average molecular weight is 290 g/mol. The molecule has 1 atom stereocenters. The van der Waals surface area contributed by atoms with E-state index in [4.69, 9.17) is 4.74 Å². The molecule has 1 aliphatic rings. The fourth-order valence-corrected chi connectivity index (χ4v) is 3.42. The zero-order valence-electron chi connectivity index (χ0n) is 13.3. The van der Waals surface area contributed by atoms with Crippen molar-refractivity contribution in [2.45, 2.75) is 46.0 Å². The number of hydrogen-bond donors (Lipinski definition) is 0. The minimum atomic E-state index is -0.160. The van der Waals surface area contributed by atoms with Crippen LogP contribution >= 0.6 is 0 Å². The molecule has 1 nitrogen and oxygen atoms in total. The first kappa shape index (κ1) is 16.2. The second-order valence-electron chi connectivity index (χ2n) is 5.92. The number of halogens is 1. The first-order chi connectivity index (χ1) is 10.3. The van der Waals surface area contributed by atoms with Crippen LogP contribution in [0.25, 0.3) is 5.57 Å².